The zero-order valence-corrected chi connectivity index (χ0v) is 13.9. The second kappa shape index (κ2) is 6.01. The van der Waals surface area contributed by atoms with Crippen molar-refractivity contribution in [2.45, 2.75) is 24.8 Å². The molecular formula is C13H18N2O2S3. The summed E-state index contributed by atoms with van der Waals surface area (Å²) in [4.78, 5) is 0.621. The molecule has 0 spiro atoms. The minimum atomic E-state index is -3.45. The summed E-state index contributed by atoms with van der Waals surface area (Å²) in [5.74, 6) is 1.68. The smallest absolute Gasteiger partial charge is 0.243 e. The van der Waals surface area contributed by atoms with E-state index < -0.39 is 10.0 Å². The fraction of sp³-hybridized carbons (Fsp3) is 0.462. The van der Waals surface area contributed by atoms with E-state index in [1.165, 1.54) is 0 Å². The van der Waals surface area contributed by atoms with Gasteiger partial charge in [0, 0.05) is 29.7 Å². The number of nitrogens with zero attached hydrogens (tertiary/aromatic N) is 1. The van der Waals surface area contributed by atoms with Crippen LogP contribution in [0, 0.1) is 6.92 Å². The van der Waals surface area contributed by atoms with Crippen LogP contribution in [0.1, 0.15) is 18.1 Å². The summed E-state index contributed by atoms with van der Waals surface area (Å²) < 4.78 is 27.1. The van der Waals surface area contributed by atoms with Crippen LogP contribution < -0.4 is 5.73 Å². The maximum atomic E-state index is 12.8. The van der Waals surface area contributed by atoms with E-state index >= 15 is 0 Å². The summed E-state index contributed by atoms with van der Waals surface area (Å²) >= 11 is 6.71. The summed E-state index contributed by atoms with van der Waals surface area (Å²) in [5.41, 5.74) is 6.95. The van der Waals surface area contributed by atoms with Gasteiger partial charge in [-0.3, -0.25) is 0 Å². The number of sulfonamides is 1. The van der Waals surface area contributed by atoms with Crippen molar-refractivity contribution in [2.75, 3.05) is 18.1 Å². The molecule has 2 rings (SSSR count). The van der Waals surface area contributed by atoms with Crippen molar-refractivity contribution < 1.29 is 8.42 Å². The molecule has 1 atom stereocenters. The SMILES string of the molecule is Cc1cc(C(N)=S)ccc1S(=O)(=O)N1CCSCC1C. The first kappa shape index (κ1) is 15.8. The quantitative estimate of drug-likeness (QED) is 0.856. The molecule has 0 bridgehead atoms. The lowest BCUT2D eigenvalue weighted by molar-refractivity contribution is 0.367. The van der Waals surface area contributed by atoms with Gasteiger partial charge in [-0.1, -0.05) is 18.3 Å². The first-order valence-electron chi connectivity index (χ1n) is 6.34. The summed E-state index contributed by atoms with van der Waals surface area (Å²) in [5, 5.41) is 0. The fourth-order valence-electron chi connectivity index (χ4n) is 2.29. The number of benzene rings is 1. The average Bonchev–Trinajstić information content (AvgIpc) is 2.38. The molecule has 1 unspecified atom stereocenters. The lowest BCUT2D eigenvalue weighted by atomic mass is 10.1. The second-order valence-electron chi connectivity index (χ2n) is 4.88. The van der Waals surface area contributed by atoms with Gasteiger partial charge in [-0.15, -0.1) is 0 Å². The normalized spacial score (nSPS) is 20.8. The van der Waals surface area contributed by atoms with Crippen LogP contribution in [0.3, 0.4) is 0 Å². The topological polar surface area (TPSA) is 63.4 Å². The summed E-state index contributed by atoms with van der Waals surface area (Å²) in [6.07, 6.45) is 0. The molecule has 0 aromatic heterocycles. The molecular weight excluding hydrogens is 312 g/mol. The Kier molecular flexibility index (Phi) is 4.73. The molecule has 7 heteroatoms. The van der Waals surface area contributed by atoms with Gasteiger partial charge in [0.25, 0.3) is 0 Å². The van der Waals surface area contributed by atoms with Crippen molar-refractivity contribution >= 4 is 39.0 Å². The Morgan fingerprint density at radius 1 is 1.50 bits per heavy atom. The zero-order valence-electron chi connectivity index (χ0n) is 11.5. The number of nitrogens with two attached hydrogens (primary N) is 1. The van der Waals surface area contributed by atoms with E-state index in [9.17, 15) is 8.42 Å². The second-order valence-corrected chi connectivity index (χ2v) is 8.33. The molecule has 2 N–H and O–H groups in total. The van der Waals surface area contributed by atoms with E-state index in [-0.39, 0.29) is 11.0 Å². The van der Waals surface area contributed by atoms with Gasteiger partial charge in [0.1, 0.15) is 4.99 Å². The molecule has 1 fully saturated rings. The predicted molar refractivity (Wildman–Crippen MR) is 87.7 cm³/mol. The number of aryl methyl sites for hydroxylation is 1. The van der Waals surface area contributed by atoms with Gasteiger partial charge in [0.15, 0.2) is 0 Å². The molecule has 4 nitrogen and oxygen atoms in total. The van der Waals surface area contributed by atoms with Gasteiger partial charge in [0.05, 0.1) is 4.90 Å². The van der Waals surface area contributed by atoms with Gasteiger partial charge < -0.3 is 5.73 Å². The Morgan fingerprint density at radius 2 is 2.20 bits per heavy atom. The van der Waals surface area contributed by atoms with Crippen LogP contribution in [0.4, 0.5) is 0 Å². The average molecular weight is 331 g/mol. The number of rotatable bonds is 3. The summed E-state index contributed by atoms with van der Waals surface area (Å²) in [6, 6.07) is 5.03. The van der Waals surface area contributed by atoms with Crippen LogP contribution in [-0.4, -0.2) is 41.8 Å². The molecule has 1 heterocycles. The van der Waals surface area contributed by atoms with E-state index in [4.69, 9.17) is 18.0 Å². The maximum Gasteiger partial charge on any atom is 0.243 e. The Labute approximate surface area is 129 Å². The molecule has 1 aromatic rings. The van der Waals surface area contributed by atoms with Crippen LogP contribution in [0.25, 0.3) is 0 Å². The minimum absolute atomic E-state index is 0.0217. The minimum Gasteiger partial charge on any atom is -0.389 e. The third-order valence-corrected chi connectivity index (χ3v) is 6.95. The van der Waals surface area contributed by atoms with Crippen LogP contribution in [-0.2, 0) is 10.0 Å². The Morgan fingerprint density at radius 3 is 2.75 bits per heavy atom. The lowest BCUT2D eigenvalue weighted by Gasteiger charge is -2.32. The lowest BCUT2D eigenvalue weighted by Crippen LogP contribution is -2.44. The summed E-state index contributed by atoms with van der Waals surface area (Å²) in [7, 11) is -3.45. The van der Waals surface area contributed by atoms with E-state index in [0.717, 1.165) is 11.5 Å². The van der Waals surface area contributed by atoms with Crippen LogP contribution in [0.2, 0.25) is 0 Å². The number of thioether (sulfide) groups is 1. The van der Waals surface area contributed by atoms with Crippen molar-refractivity contribution in [2.24, 2.45) is 5.73 Å². The molecule has 0 saturated carbocycles. The van der Waals surface area contributed by atoms with E-state index in [0.29, 0.717) is 22.6 Å². The molecule has 0 aliphatic carbocycles. The van der Waals surface area contributed by atoms with Crippen LogP contribution >= 0.6 is 24.0 Å². The highest BCUT2D eigenvalue weighted by Crippen LogP contribution is 2.26. The maximum absolute atomic E-state index is 12.8. The van der Waals surface area contributed by atoms with E-state index in [2.05, 4.69) is 0 Å². The van der Waals surface area contributed by atoms with Crippen LogP contribution in [0.5, 0.6) is 0 Å². The monoisotopic (exact) mass is 330 g/mol. The first-order valence-corrected chi connectivity index (χ1v) is 9.34. The molecule has 1 aliphatic rings. The van der Waals surface area contributed by atoms with Gasteiger partial charge in [-0.05, 0) is 31.5 Å². The van der Waals surface area contributed by atoms with Gasteiger partial charge in [0.2, 0.25) is 10.0 Å². The highest BCUT2D eigenvalue weighted by molar-refractivity contribution is 7.99. The highest BCUT2D eigenvalue weighted by atomic mass is 32.2. The molecule has 0 amide bonds. The number of hydrogen-bond donors (Lipinski definition) is 1. The third-order valence-electron chi connectivity index (χ3n) is 3.35. The van der Waals surface area contributed by atoms with E-state index in [1.807, 2.05) is 6.92 Å². The number of hydrogen-bond acceptors (Lipinski definition) is 4. The molecule has 0 radical (unpaired) electrons. The summed E-state index contributed by atoms with van der Waals surface area (Å²) in [6.45, 7) is 4.28. The standard InChI is InChI=1S/C13H18N2O2S3/c1-9-7-11(13(14)18)3-4-12(9)20(16,17)15-5-6-19-8-10(15)2/h3-4,7,10H,5-6,8H2,1-2H3,(H2,14,18). The van der Waals surface area contributed by atoms with E-state index in [1.54, 1.807) is 41.2 Å². The van der Waals surface area contributed by atoms with Crippen molar-refractivity contribution in [3.05, 3.63) is 29.3 Å². The van der Waals surface area contributed by atoms with Crippen LogP contribution in [0.15, 0.2) is 23.1 Å². The van der Waals surface area contributed by atoms with Crippen molar-refractivity contribution in [1.29, 1.82) is 0 Å². The fourth-order valence-corrected chi connectivity index (χ4v) is 5.48. The van der Waals surface area contributed by atoms with Gasteiger partial charge in [-0.25, -0.2) is 8.42 Å². The molecule has 1 aliphatic heterocycles. The Hall–Kier alpha value is -0.630. The van der Waals surface area contributed by atoms with Crippen molar-refractivity contribution in [3.63, 3.8) is 0 Å². The third kappa shape index (κ3) is 3.00. The Balaban J connectivity index is 2.41. The highest BCUT2D eigenvalue weighted by Gasteiger charge is 2.32. The van der Waals surface area contributed by atoms with Crippen molar-refractivity contribution in [3.8, 4) is 0 Å². The Bertz CT molecular complexity index is 629. The largest absolute Gasteiger partial charge is 0.389 e. The molecule has 110 valence electrons. The zero-order chi connectivity index (χ0) is 14.9. The first-order chi connectivity index (χ1) is 9.34. The molecule has 1 aromatic carbocycles. The van der Waals surface area contributed by atoms with Gasteiger partial charge >= 0.3 is 0 Å². The molecule has 20 heavy (non-hydrogen) atoms. The predicted octanol–water partition coefficient (Wildman–Crippen LogP) is 1.76. The molecule has 1 saturated heterocycles. The van der Waals surface area contributed by atoms with Gasteiger partial charge in [-0.2, -0.15) is 16.1 Å². The van der Waals surface area contributed by atoms with Crippen molar-refractivity contribution in [1.82, 2.24) is 4.31 Å². The number of thiocarbonyl (C=S) groups is 1.